The molecule has 2 heterocycles. The van der Waals surface area contributed by atoms with Gasteiger partial charge in [0, 0.05) is 23.5 Å². The van der Waals surface area contributed by atoms with Crippen molar-refractivity contribution in [3.63, 3.8) is 0 Å². The van der Waals surface area contributed by atoms with Crippen LogP contribution in [-0.4, -0.2) is 79.9 Å². The molecule has 0 spiro atoms. The molecule has 5 atom stereocenters. The number of nitrogens with zero attached hydrogens (tertiary/aromatic N) is 1. The van der Waals surface area contributed by atoms with Crippen molar-refractivity contribution < 1.29 is 99.3 Å². The molecule has 0 saturated carbocycles. The first-order valence-electron chi connectivity index (χ1n) is 10.1. The molecule has 14 heteroatoms. The predicted molar refractivity (Wildman–Crippen MR) is 102 cm³/mol. The molecule has 1 saturated heterocycles. The molecule has 1 aromatic heterocycles. The number of aromatic nitrogens is 1. The Morgan fingerprint density at radius 3 is 2.67 bits per heavy atom. The molecule has 0 radical (unpaired) electrons. The Morgan fingerprint density at radius 1 is 1.30 bits per heavy atom. The number of fused-ring (bicyclic) bond motifs is 1. The van der Waals surface area contributed by atoms with E-state index in [1.54, 1.807) is 0 Å². The van der Waals surface area contributed by atoms with E-state index < -0.39 is 58.9 Å². The van der Waals surface area contributed by atoms with Gasteiger partial charge in [0.2, 0.25) is 0 Å². The number of para-hydroxylation sites is 1. The van der Waals surface area contributed by atoms with Gasteiger partial charge in [-0.3, -0.25) is 4.28 Å². The largest absolute Gasteiger partial charge is 1.00 e. The Hall–Kier alpha value is -0.0736. The maximum atomic E-state index is 10.9. The van der Waals surface area contributed by atoms with E-state index in [4.69, 9.17) is 10.2 Å². The van der Waals surface area contributed by atoms with Crippen molar-refractivity contribution >= 4 is 38.1 Å². The normalized spacial score (nSPS) is 29.5. The zero-order valence-electron chi connectivity index (χ0n) is 19.5. The number of thioether (sulfide) groups is 1. The molecule has 0 aliphatic carbocycles. The van der Waals surface area contributed by atoms with Crippen LogP contribution in [0.25, 0.3) is 10.9 Å². The number of hydrogen-bond acceptors (Lipinski definition) is 11. The number of aliphatic hydroxyl groups excluding tert-OH is 4. The number of hydrogen-bond donors (Lipinski definition) is 5. The number of benzene rings is 1. The Kier molecular flexibility index (Phi) is 7.65. The maximum Gasteiger partial charge on any atom is 1.00 e. The monoisotopic (exact) mass is 492 g/mol. The van der Waals surface area contributed by atoms with Crippen molar-refractivity contribution in [2.45, 2.75) is 36.3 Å². The third-order valence-electron chi connectivity index (χ3n) is 4.07. The topological polar surface area (TPSA) is 185 Å². The van der Waals surface area contributed by atoms with E-state index in [0.717, 1.165) is 0 Å². The molecule has 160 valence electrons. The number of ether oxygens (including phenoxy) is 1. The fraction of sp³-hybridized carbons (Fsp3) is 0.438. The van der Waals surface area contributed by atoms with Crippen LogP contribution in [0, 0.1) is 0 Å². The van der Waals surface area contributed by atoms with Gasteiger partial charge in [0.1, 0.15) is 34.9 Å². The molecule has 1 aliphatic rings. The molecular weight excluding hydrogens is 469 g/mol. The van der Waals surface area contributed by atoms with Gasteiger partial charge in [0.25, 0.3) is 10.4 Å². The first kappa shape index (κ1) is 20.5. The van der Waals surface area contributed by atoms with Crippen LogP contribution in [0.15, 0.2) is 35.5 Å². The number of oxime groups is 1. The summed E-state index contributed by atoms with van der Waals surface area (Å²) in [6.07, 6.45) is -5.33. The minimum atomic E-state index is -5.27. The first-order valence-corrected chi connectivity index (χ1v) is 10.3. The van der Waals surface area contributed by atoms with Crippen molar-refractivity contribution in [2.75, 3.05) is 6.61 Å². The molecule has 1 fully saturated rings. The SMILES string of the molecule is [2H]c1c([2H])c([2H])c2c(C/C(=N\OS(=O)(=O)[O-])[34S][C@@H]3O[C@H](CO)[C@@H](O)[C@H](O)[C@H]3O)c[nH]c2c1[2H].[K+]. The zero-order chi connectivity index (χ0) is 24.7. The molecular formula is C16H19KN2O9S2. The summed E-state index contributed by atoms with van der Waals surface area (Å²) in [5, 5.41) is 42.4. The average molecular weight is 492 g/mol. The Bertz CT molecular complexity index is 1180. The number of aromatic amines is 1. The number of nitrogens with one attached hydrogen (secondary N) is 1. The van der Waals surface area contributed by atoms with E-state index >= 15 is 0 Å². The summed E-state index contributed by atoms with van der Waals surface area (Å²) in [5.74, 6) is 0. The van der Waals surface area contributed by atoms with Gasteiger partial charge in [-0.25, -0.2) is 0 Å². The second-order valence-corrected chi connectivity index (χ2v) is 8.16. The van der Waals surface area contributed by atoms with Crippen LogP contribution in [-0.2, 0) is 25.8 Å². The van der Waals surface area contributed by atoms with Crippen LogP contribution in [0.5, 0.6) is 0 Å². The summed E-state index contributed by atoms with van der Waals surface area (Å²) < 4.78 is 73.7. The van der Waals surface area contributed by atoms with Crippen molar-refractivity contribution in [3.8, 4) is 0 Å². The van der Waals surface area contributed by atoms with E-state index in [0.29, 0.717) is 11.8 Å². The van der Waals surface area contributed by atoms with E-state index in [2.05, 4.69) is 14.4 Å². The average Bonchev–Trinajstić information content (AvgIpc) is 3.17. The molecule has 30 heavy (non-hydrogen) atoms. The Labute approximate surface area is 224 Å². The van der Waals surface area contributed by atoms with Gasteiger partial charge in [0.05, 0.1) is 12.1 Å². The number of aliphatic hydroxyl groups is 4. The molecule has 0 bridgehead atoms. The Balaban J connectivity index is 0.00000408. The van der Waals surface area contributed by atoms with Crippen LogP contribution in [0.4, 0.5) is 0 Å². The minimum absolute atomic E-state index is 0. The molecule has 3 rings (SSSR count). The van der Waals surface area contributed by atoms with Crippen LogP contribution >= 0.6 is 11.8 Å². The number of rotatable bonds is 6. The van der Waals surface area contributed by atoms with Gasteiger partial charge in [-0.2, -0.15) is 8.42 Å². The summed E-state index contributed by atoms with van der Waals surface area (Å²) in [5.41, 5.74) is -1.08. The zero-order valence-corrected chi connectivity index (χ0v) is 20.2. The summed E-state index contributed by atoms with van der Waals surface area (Å²) >= 11 is 0.525. The van der Waals surface area contributed by atoms with Gasteiger partial charge in [-0.05, 0) is 11.6 Å². The van der Waals surface area contributed by atoms with Gasteiger partial charge in [0.15, 0.2) is 0 Å². The molecule has 11 nitrogen and oxygen atoms in total. The number of H-pyrrole nitrogens is 1. The third kappa shape index (κ3) is 6.47. The fourth-order valence-electron chi connectivity index (χ4n) is 2.68. The minimum Gasteiger partial charge on any atom is -0.714 e. The smallest absolute Gasteiger partial charge is 0.714 e. The van der Waals surface area contributed by atoms with Crippen LogP contribution in [0.2, 0.25) is 0 Å². The summed E-state index contributed by atoms with van der Waals surface area (Å²) in [4.78, 5) is 2.70. The summed E-state index contributed by atoms with van der Waals surface area (Å²) in [6, 6.07) is -1.69. The van der Waals surface area contributed by atoms with Crippen LogP contribution < -0.4 is 51.4 Å². The second-order valence-electron chi connectivity index (χ2n) is 6.02. The van der Waals surface area contributed by atoms with Crippen molar-refractivity contribution in [2.24, 2.45) is 5.16 Å². The standard InChI is InChI=1S/C16H20N2O9S2.K/c19-7-11-13(20)14(21)15(22)16(26-11)28-12(18-27-29(23,24)25)5-8-6-17-10-4-2-1-3-9(8)10;/h1-4,6,11,13-17,19-22H,5,7H2,(H,23,24,25);/q;+1/p-1/b18-12+;/t11-,13-,14+,15-,16+;/m1./s1/i1D,2D,3D,4D,28+2;. The van der Waals surface area contributed by atoms with Crippen molar-refractivity contribution in [1.82, 2.24) is 4.98 Å². The fourth-order valence-corrected chi connectivity index (χ4v) is 3.99. The molecule has 1 aromatic carbocycles. The molecule has 0 unspecified atom stereocenters. The molecule has 1 aliphatic heterocycles. The second kappa shape index (κ2) is 11.2. The summed E-state index contributed by atoms with van der Waals surface area (Å²) in [7, 11) is -5.27. The van der Waals surface area contributed by atoms with E-state index in [1.165, 1.54) is 6.20 Å². The molecule has 0 amide bonds. The van der Waals surface area contributed by atoms with Gasteiger partial charge in [-0.1, -0.05) is 35.0 Å². The van der Waals surface area contributed by atoms with E-state index in [-0.39, 0.29) is 91.4 Å². The predicted octanol–water partition coefficient (Wildman–Crippen LogP) is -3.96. The van der Waals surface area contributed by atoms with Crippen LogP contribution in [0.1, 0.15) is 11.0 Å². The summed E-state index contributed by atoms with van der Waals surface area (Å²) in [6.45, 7) is -0.710. The molecule has 5 N–H and O–H groups in total. The van der Waals surface area contributed by atoms with Crippen molar-refractivity contribution in [1.29, 1.82) is 0 Å². The van der Waals surface area contributed by atoms with Gasteiger partial charge < -0.3 is 34.7 Å². The van der Waals surface area contributed by atoms with Crippen molar-refractivity contribution in [3.05, 3.63) is 35.9 Å². The molecule has 2 aromatic rings. The van der Waals surface area contributed by atoms with Crippen LogP contribution in [0.3, 0.4) is 0 Å². The van der Waals surface area contributed by atoms with E-state index in [9.17, 15) is 33.4 Å². The quantitative estimate of drug-likeness (QED) is 0.0507. The van der Waals surface area contributed by atoms with Gasteiger partial charge in [-0.15, -0.1) is 0 Å². The van der Waals surface area contributed by atoms with E-state index in [1.807, 2.05) is 0 Å². The first-order chi connectivity index (χ1) is 15.4. The Morgan fingerprint density at radius 2 is 2.00 bits per heavy atom. The maximum absolute atomic E-state index is 10.9. The van der Waals surface area contributed by atoms with Gasteiger partial charge >= 0.3 is 51.4 Å². The third-order valence-corrected chi connectivity index (χ3v) is 5.44.